The minimum absolute atomic E-state index is 0.0384. The molecule has 1 unspecified atom stereocenters. The third kappa shape index (κ3) is 4.43. The molecule has 5 nitrogen and oxygen atoms in total. The summed E-state index contributed by atoms with van der Waals surface area (Å²) in [6, 6.07) is 18.8. The van der Waals surface area contributed by atoms with Crippen LogP contribution in [0.5, 0.6) is 5.75 Å². The quantitative estimate of drug-likeness (QED) is 0.645. The van der Waals surface area contributed by atoms with Gasteiger partial charge in [-0.1, -0.05) is 24.3 Å². The van der Waals surface area contributed by atoms with E-state index in [1.54, 1.807) is 42.3 Å². The van der Waals surface area contributed by atoms with Crippen LogP contribution in [0.25, 0.3) is 0 Å². The summed E-state index contributed by atoms with van der Waals surface area (Å²) in [5.41, 5.74) is 3.93. The first-order valence-electron chi connectivity index (χ1n) is 10.1. The van der Waals surface area contributed by atoms with E-state index < -0.39 is 0 Å². The number of halogens is 1. The van der Waals surface area contributed by atoms with Gasteiger partial charge in [0.15, 0.2) is 0 Å². The molecule has 0 saturated heterocycles. The molecule has 0 aromatic heterocycles. The molecule has 0 spiro atoms. The Balaban J connectivity index is 1.47. The van der Waals surface area contributed by atoms with E-state index in [1.807, 2.05) is 31.2 Å². The lowest BCUT2D eigenvalue weighted by Gasteiger charge is -2.18. The van der Waals surface area contributed by atoms with Gasteiger partial charge in [0.05, 0.1) is 26.1 Å². The summed E-state index contributed by atoms with van der Waals surface area (Å²) in [4.78, 5) is 27.0. The second-order valence-corrected chi connectivity index (χ2v) is 7.59. The molecule has 0 saturated carbocycles. The monoisotopic (exact) mass is 418 g/mol. The zero-order chi connectivity index (χ0) is 22.0. The molecular formula is C25H23FN2O3. The molecule has 0 aliphatic carbocycles. The number of nitrogens with zero attached hydrogens (tertiary/aromatic N) is 1. The van der Waals surface area contributed by atoms with E-state index in [0.29, 0.717) is 12.1 Å². The fourth-order valence-corrected chi connectivity index (χ4v) is 3.73. The first-order chi connectivity index (χ1) is 14.9. The van der Waals surface area contributed by atoms with Crippen LogP contribution >= 0.6 is 0 Å². The lowest BCUT2D eigenvalue weighted by Crippen LogP contribution is -2.27. The van der Waals surface area contributed by atoms with Crippen LogP contribution in [-0.4, -0.2) is 18.9 Å². The zero-order valence-electron chi connectivity index (χ0n) is 17.4. The highest BCUT2D eigenvalue weighted by molar-refractivity contribution is 6.03. The Kier molecular flexibility index (Phi) is 5.71. The Hall–Kier alpha value is -3.67. The molecule has 3 aromatic carbocycles. The second-order valence-electron chi connectivity index (χ2n) is 7.59. The minimum atomic E-state index is -0.309. The van der Waals surface area contributed by atoms with Gasteiger partial charge in [-0.25, -0.2) is 4.39 Å². The maximum atomic E-state index is 13.1. The molecule has 2 amide bonds. The van der Waals surface area contributed by atoms with Crippen LogP contribution in [0.3, 0.4) is 0 Å². The van der Waals surface area contributed by atoms with Crippen molar-refractivity contribution in [2.45, 2.75) is 25.9 Å². The van der Waals surface area contributed by atoms with Crippen LogP contribution < -0.4 is 15.0 Å². The molecule has 1 N–H and O–H groups in total. The van der Waals surface area contributed by atoms with Gasteiger partial charge >= 0.3 is 0 Å². The number of hydrogen-bond acceptors (Lipinski definition) is 3. The number of ether oxygens (including phenoxy) is 1. The number of benzene rings is 3. The molecule has 158 valence electrons. The Bertz CT molecular complexity index is 1110. The van der Waals surface area contributed by atoms with E-state index in [4.69, 9.17) is 4.74 Å². The molecule has 6 heteroatoms. The van der Waals surface area contributed by atoms with Crippen molar-refractivity contribution in [1.82, 2.24) is 5.32 Å². The number of anilines is 1. The SMILES string of the molecule is COc1ccc(C(C)NC(=O)c2ccc3c(c2)CC(=O)N3Cc2ccc(F)cc2)cc1. The summed E-state index contributed by atoms with van der Waals surface area (Å²) in [5, 5.41) is 2.99. The summed E-state index contributed by atoms with van der Waals surface area (Å²) in [5.74, 6) is 0.214. The van der Waals surface area contributed by atoms with Crippen molar-refractivity contribution < 1.29 is 18.7 Å². The molecule has 0 radical (unpaired) electrons. The van der Waals surface area contributed by atoms with Crippen molar-refractivity contribution >= 4 is 17.5 Å². The van der Waals surface area contributed by atoms with Crippen LogP contribution in [0.15, 0.2) is 66.7 Å². The zero-order valence-corrected chi connectivity index (χ0v) is 17.4. The highest BCUT2D eigenvalue weighted by Gasteiger charge is 2.28. The van der Waals surface area contributed by atoms with E-state index in [2.05, 4.69) is 5.32 Å². The number of nitrogens with one attached hydrogen (secondary N) is 1. The Morgan fingerprint density at radius 3 is 2.48 bits per heavy atom. The maximum Gasteiger partial charge on any atom is 0.251 e. The van der Waals surface area contributed by atoms with Crippen molar-refractivity contribution in [3.63, 3.8) is 0 Å². The van der Waals surface area contributed by atoms with Crippen LogP contribution in [0, 0.1) is 5.82 Å². The number of fused-ring (bicyclic) bond motifs is 1. The minimum Gasteiger partial charge on any atom is -0.497 e. The van der Waals surface area contributed by atoms with Gasteiger partial charge in [-0.2, -0.15) is 0 Å². The Labute approximate surface area is 180 Å². The van der Waals surface area contributed by atoms with Gasteiger partial charge in [-0.05, 0) is 66.1 Å². The van der Waals surface area contributed by atoms with Gasteiger partial charge in [-0.3, -0.25) is 9.59 Å². The van der Waals surface area contributed by atoms with Crippen LogP contribution in [0.4, 0.5) is 10.1 Å². The van der Waals surface area contributed by atoms with Crippen molar-refractivity contribution in [3.05, 3.63) is 94.8 Å². The average Bonchev–Trinajstić information content (AvgIpc) is 3.09. The Morgan fingerprint density at radius 1 is 1.10 bits per heavy atom. The lowest BCUT2D eigenvalue weighted by atomic mass is 10.1. The standard InChI is InChI=1S/C25H23FN2O3/c1-16(18-5-10-22(31-2)11-6-18)27-25(30)19-7-12-23-20(13-19)14-24(29)28(23)15-17-3-8-21(26)9-4-17/h3-13,16H,14-15H2,1-2H3,(H,27,30). The molecule has 31 heavy (non-hydrogen) atoms. The van der Waals surface area contributed by atoms with Gasteiger partial charge in [0, 0.05) is 11.3 Å². The molecule has 4 rings (SSSR count). The normalized spacial score (nSPS) is 13.6. The highest BCUT2D eigenvalue weighted by atomic mass is 19.1. The number of amides is 2. The van der Waals surface area contributed by atoms with E-state index >= 15 is 0 Å². The van der Waals surface area contributed by atoms with Gasteiger partial charge in [0.25, 0.3) is 5.91 Å². The number of hydrogen-bond donors (Lipinski definition) is 1. The van der Waals surface area contributed by atoms with E-state index in [0.717, 1.165) is 28.1 Å². The van der Waals surface area contributed by atoms with Crippen molar-refractivity contribution in [2.75, 3.05) is 12.0 Å². The summed E-state index contributed by atoms with van der Waals surface area (Å²) < 4.78 is 18.3. The molecule has 0 fully saturated rings. The third-order valence-corrected chi connectivity index (χ3v) is 5.49. The molecule has 0 bridgehead atoms. The van der Waals surface area contributed by atoms with E-state index in [9.17, 15) is 14.0 Å². The predicted molar refractivity (Wildman–Crippen MR) is 117 cm³/mol. The molecule has 1 aliphatic heterocycles. The first-order valence-corrected chi connectivity index (χ1v) is 10.1. The van der Waals surface area contributed by atoms with Crippen molar-refractivity contribution in [3.8, 4) is 5.75 Å². The fraction of sp³-hybridized carbons (Fsp3) is 0.200. The van der Waals surface area contributed by atoms with E-state index in [-0.39, 0.29) is 30.1 Å². The lowest BCUT2D eigenvalue weighted by molar-refractivity contribution is -0.117. The molecular weight excluding hydrogens is 395 g/mol. The van der Waals surface area contributed by atoms with Gasteiger partial charge in [0.1, 0.15) is 11.6 Å². The van der Waals surface area contributed by atoms with Crippen LogP contribution in [0.2, 0.25) is 0 Å². The summed E-state index contributed by atoms with van der Waals surface area (Å²) >= 11 is 0. The fourth-order valence-electron chi connectivity index (χ4n) is 3.73. The van der Waals surface area contributed by atoms with Crippen molar-refractivity contribution in [2.24, 2.45) is 0 Å². The van der Waals surface area contributed by atoms with Gasteiger partial charge < -0.3 is 15.0 Å². The largest absolute Gasteiger partial charge is 0.497 e. The van der Waals surface area contributed by atoms with Crippen LogP contribution in [-0.2, 0) is 17.8 Å². The van der Waals surface area contributed by atoms with Crippen LogP contribution in [0.1, 0.15) is 40.0 Å². The number of methoxy groups -OCH3 is 1. The maximum absolute atomic E-state index is 13.1. The molecule has 3 aromatic rings. The van der Waals surface area contributed by atoms with Crippen molar-refractivity contribution in [1.29, 1.82) is 0 Å². The average molecular weight is 418 g/mol. The molecule has 1 heterocycles. The Morgan fingerprint density at radius 2 is 1.81 bits per heavy atom. The second kappa shape index (κ2) is 8.60. The van der Waals surface area contributed by atoms with Gasteiger partial charge in [0.2, 0.25) is 5.91 Å². The number of carbonyl (C=O) groups is 2. The summed E-state index contributed by atoms with van der Waals surface area (Å²) in [6.45, 7) is 2.28. The highest BCUT2D eigenvalue weighted by Crippen LogP contribution is 2.31. The summed E-state index contributed by atoms with van der Waals surface area (Å²) in [7, 11) is 1.61. The molecule has 1 atom stereocenters. The van der Waals surface area contributed by atoms with Gasteiger partial charge in [-0.15, -0.1) is 0 Å². The third-order valence-electron chi connectivity index (χ3n) is 5.49. The number of carbonyl (C=O) groups excluding carboxylic acids is 2. The summed E-state index contributed by atoms with van der Waals surface area (Å²) in [6.07, 6.45) is 0.242. The molecule has 1 aliphatic rings. The topological polar surface area (TPSA) is 58.6 Å². The number of rotatable bonds is 6. The smallest absolute Gasteiger partial charge is 0.251 e. The predicted octanol–water partition coefficient (Wildman–Crippen LogP) is 4.41. The van der Waals surface area contributed by atoms with E-state index in [1.165, 1.54) is 12.1 Å². The first kappa shape index (κ1) is 20.6.